The molecule has 0 rings (SSSR count). The van der Waals surface area contributed by atoms with Gasteiger partial charge in [-0.1, -0.05) is 96.8 Å². The summed E-state index contributed by atoms with van der Waals surface area (Å²) in [6.07, 6.45) is 21.9. The summed E-state index contributed by atoms with van der Waals surface area (Å²) in [6, 6.07) is 0. The first-order chi connectivity index (χ1) is 17.0. The van der Waals surface area contributed by atoms with Crippen LogP contribution in [0.3, 0.4) is 0 Å². The van der Waals surface area contributed by atoms with Crippen molar-refractivity contribution in [1.29, 1.82) is 0 Å². The van der Waals surface area contributed by atoms with E-state index >= 15 is 0 Å². The Morgan fingerprint density at radius 2 is 1.20 bits per heavy atom. The summed E-state index contributed by atoms with van der Waals surface area (Å²) in [5.41, 5.74) is 5.63. The smallest absolute Gasteiger partial charge is 0.327 e. The highest BCUT2D eigenvalue weighted by molar-refractivity contribution is 5.85. The van der Waals surface area contributed by atoms with Crippen LogP contribution in [0, 0.1) is 0 Å². The van der Waals surface area contributed by atoms with Crippen molar-refractivity contribution in [2.75, 3.05) is 32.7 Å². The van der Waals surface area contributed by atoms with Gasteiger partial charge in [0, 0.05) is 26.4 Å². The van der Waals surface area contributed by atoms with E-state index in [0.29, 0.717) is 32.6 Å². The number of nitrogens with zero attached hydrogens (tertiary/aromatic N) is 1. The lowest BCUT2D eigenvalue weighted by Gasteiger charge is -2.22. The number of esters is 2. The standard InChI is InChI=1S/C28H55N3O4/c1-3-4-5-6-7-8-9-10-11-12-13-14-15-16-17-20-27(33)31(23-18-21-29)24-19-22-30-25-28(34)35-26(2)32/h30H,3-25,29H2,1-2H3. The molecule has 0 spiro atoms. The highest BCUT2D eigenvalue weighted by Gasteiger charge is 2.12. The number of carbonyl (C=O) groups is 3. The highest BCUT2D eigenvalue weighted by atomic mass is 16.6. The molecule has 7 nitrogen and oxygen atoms in total. The Morgan fingerprint density at radius 1 is 0.714 bits per heavy atom. The Morgan fingerprint density at radius 3 is 1.69 bits per heavy atom. The maximum atomic E-state index is 12.6. The number of carbonyl (C=O) groups excluding carboxylic acids is 3. The van der Waals surface area contributed by atoms with Crippen LogP contribution in [0.5, 0.6) is 0 Å². The molecule has 1 amide bonds. The van der Waals surface area contributed by atoms with Gasteiger partial charge in [-0.2, -0.15) is 0 Å². The van der Waals surface area contributed by atoms with Crippen molar-refractivity contribution in [3.05, 3.63) is 0 Å². The number of hydrogen-bond donors (Lipinski definition) is 2. The molecule has 3 N–H and O–H groups in total. The van der Waals surface area contributed by atoms with Gasteiger partial charge in [0.15, 0.2) is 0 Å². The van der Waals surface area contributed by atoms with Gasteiger partial charge in [0.2, 0.25) is 5.91 Å². The summed E-state index contributed by atoms with van der Waals surface area (Å²) < 4.78 is 4.47. The molecule has 0 aliphatic rings. The average Bonchev–Trinajstić information content (AvgIpc) is 2.82. The molecule has 0 saturated heterocycles. The molecule has 0 aromatic heterocycles. The van der Waals surface area contributed by atoms with Crippen molar-refractivity contribution in [2.45, 2.75) is 129 Å². The zero-order chi connectivity index (χ0) is 26.0. The fraction of sp³-hybridized carbons (Fsp3) is 0.893. The van der Waals surface area contributed by atoms with Crippen molar-refractivity contribution in [1.82, 2.24) is 10.2 Å². The molecule has 0 saturated carbocycles. The van der Waals surface area contributed by atoms with E-state index in [9.17, 15) is 14.4 Å². The van der Waals surface area contributed by atoms with E-state index in [1.54, 1.807) is 0 Å². The number of nitrogens with one attached hydrogen (secondary N) is 1. The van der Waals surface area contributed by atoms with E-state index in [1.807, 2.05) is 4.90 Å². The van der Waals surface area contributed by atoms with Crippen molar-refractivity contribution in [3.63, 3.8) is 0 Å². The Hall–Kier alpha value is -1.47. The molecule has 0 atom stereocenters. The van der Waals surface area contributed by atoms with E-state index in [-0.39, 0.29) is 12.5 Å². The van der Waals surface area contributed by atoms with Crippen LogP contribution in [-0.2, 0) is 19.1 Å². The first kappa shape index (κ1) is 33.5. The number of rotatable bonds is 25. The van der Waals surface area contributed by atoms with Crippen LogP contribution in [0.2, 0.25) is 0 Å². The molecule has 0 aliphatic carbocycles. The van der Waals surface area contributed by atoms with Gasteiger partial charge in [-0.15, -0.1) is 0 Å². The molecule has 0 unspecified atom stereocenters. The molecule has 0 bridgehead atoms. The summed E-state index contributed by atoms with van der Waals surface area (Å²) in [7, 11) is 0. The summed E-state index contributed by atoms with van der Waals surface area (Å²) in [5.74, 6) is -0.986. The molecular weight excluding hydrogens is 442 g/mol. The molecule has 0 fully saturated rings. The van der Waals surface area contributed by atoms with Crippen LogP contribution in [0.4, 0.5) is 0 Å². The Bertz CT molecular complexity index is 528. The lowest BCUT2D eigenvalue weighted by atomic mass is 10.0. The molecule has 0 aromatic rings. The Kier molecular flexibility index (Phi) is 24.5. The van der Waals surface area contributed by atoms with Crippen LogP contribution in [-0.4, -0.2) is 55.5 Å². The molecular formula is C28H55N3O4. The van der Waals surface area contributed by atoms with Gasteiger partial charge in [-0.25, -0.2) is 0 Å². The lowest BCUT2D eigenvalue weighted by molar-refractivity contribution is -0.157. The highest BCUT2D eigenvalue weighted by Crippen LogP contribution is 2.14. The Labute approximate surface area is 215 Å². The van der Waals surface area contributed by atoms with E-state index < -0.39 is 11.9 Å². The summed E-state index contributed by atoms with van der Waals surface area (Å²) in [6.45, 7) is 5.95. The SMILES string of the molecule is CCCCCCCCCCCCCCCCCC(=O)N(CCCN)CCCNCC(=O)OC(C)=O. The topological polar surface area (TPSA) is 102 Å². The molecule has 206 valence electrons. The third-order valence-corrected chi connectivity index (χ3v) is 6.29. The number of hydrogen-bond acceptors (Lipinski definition) is 6. The first-order valence-electron chi connectivity index (χ1n) is 14.4. The van der Waals surface area contributed by atoms with Crippen LogP contribution >= 0.6 is 0 Å². The van der Waals surface area contributed by atoms with Crippen LogP contribution < -0.4 is 11.1 Å². The normalized spacial score (nSPS) is 10.9. The zero-order valence-electron chi connectivity index (χ0n) is 22.9. The third-order valence-electron chi connectivity index (χ3n) is 6.29. The number of unbranched alkanes of at least 4 members (excludes halogenated alkanes) is 14. The first-order valence-corrected chi connectivity index (χ1v) is 14.4. The molecule has 7 heteroatoms. The van der Waals surface area contributed by atoms with Gasteiger partial charge in [0.25, 0.3) is 0 Å². The fourth-order valence-electron chi connectivity index (χ4n) is 4.23. The second kappa shape index (κ2) is 25.6. The molecule has 0 aliphatic heterocycles. The quantitative estimate of drug-likeness (QED) is 0.0982. The third kappa shape index (κ3) is 24.0. The van der Waals surface area contributed by atoms with Gasteiger partial charge in [-0.3, -0.25) is 14.4 Å². The second-order valence-corrected chi connectivity index (χ2v) is 9.72. The minimum atomic E-state index is -0.603. The predicted molar refractivity (Wildman–Crippen MR) is 144 cm³/mol. The lowest BCUT2D eigenvalue weighted by Crippen LogP contribution is -2.35. The predicted octanol–water partition coefficient (Wildman–Crippen LogP) is 5.49. The van der Waals surface area contributed by atoms with Crippen LogP contribution in [0.25, 0.3) is 0 Å². The molecule has 0 heterocycles. The van der Waals surface area contributed by atoms with Crippen LogP contribution in [0.1, 0.15) is 129 Å². The molecule has 0 radical (unpaired) electrons. The summed E-state index contributed by atoms with van der Waals surface area (Å²) in [5, 5.41) is 2.95. The average molecular weight is 498 g/mol. The van der Waals surface area contributed by atoms with E-state index in [2.05, 4.69) is 17.0 Å². The minimum absolute atomic E-state index is 0.00451. The largest absolute Gasteiger partial charge is 0.392 e. The second-order valence-electron chi connectivity index (χ2n) is 9.72. The number of nitrogens with two attached hydrogens (primary N) is 1. The summed E-state index contributed by atoms with van der Waals surface area (Å²) in [4.78, 5) is 36.6. The van der Waals surface area contributed by atoms with Gasteiger partial charge in [0.1, 0.15) is 0 Å². The zero-order valence-corrected chi connectivity index (χ0v) is 22.9. The van der Waals surface area contributed by atoms with Crippen molar-refractivity contribution < 1.29 is 19.1 Å². The fourth-order valence-corrected chi connectivity index (χ4v) is 4.23. The van der Waals surface area contributed by atoms with Gasteiger partial charge in [0.05, 0.1) is 6.54 Å². The number of amides is 1. The van der Waals surface area contributed by atoms with Gasteiger partial charge in [-0.05, 0) is 32.4 Å². The van der Waals surface area contributed by atoms with Gasteiger partial charge < -0.3 is 20.7 Å². The van der Waals surface area contributed by atoms with Crippen molar-refractivity contribution in [2.24, 2.45) is 5.73 Å². The maximum absolute atomic E-state index is 12.6. The van der Waals surface area contributed by atoms with E-state index in [0.717, 1.165) is 25.7 Å². The van der Waals surface area contributed by atoms with Gasteiger partial charge >= 0.3 is 11.9 Å². The Balaban J connectivity index is 3.71. The van der Waals surface area contributed by atoms with Crippen molar-refractivity contribution in [3.8, 4) is 0 Å². The minimum Gasteiger partial charge on any atom is -0.392 e. The summed E-state index contributed by atoms with van der Waals surface area (Å²) >= 11 is 0. The molecule has 0 aromatic carbocycles. The monoisotopic (exact) mass is 497 g/mol. The maximum Gasteiger partial charge on any atom is 0.327 e. The van der Waals surface area contributed by atoms with E-state index in [1.165, 1.54) is 90.4 Å². The number of ether oxygens (including phenoxy) is 1. The van der Waals surface area contributed by atoms with Crippen LogP contribution in [0.15, 0.2) is 0 Å². The van der Waals surface area contributed by atoms with E-state index in [4.69, 9.17) is 5.73 Å². The molecule has 35 heavy (non-hydrogen) atoms. The van der Waals surface area contributed by atoms with Crippen molar-refractivity contribution >= 4 is 17.8 Å².